The Labute approximate surface area is 123 Å². The van der Waals surface area contributed by atoms with Crippen molar-refractivity contribution >= 4 is 0 Å². The first-order chi connectivity index (χ1) is 9.65. The summed E-state index contributed by atoms with van der Waals surface area (Å²) in [5.41, 5.74) is 8.58. The Hall–Kier alpha value is -0.900. The van der Waals surface area contributed by atoms with Crippen molar-refractivity contribution in [2.24, 2.45) is 5.73 Å². The predicted molar refractivity (Wildman–Crippen MR) is 84.0 cm³/mol. The Morgan fingerprint density at radius 2 is 1.55 bits per heavy atom. The monoisotopic (exact) mass is 279 g/mol. The van der Waals surface area contributed by atoms with E-state index in [1.54, 1.807) is 0 Å². The maximum absolute atomic E-state index is 6.12. The smallest absolute Gasteiger partial charge is 0.0701 e. The SMILES string of the molecule is CCCCOCCOCC(N)c1ccc(C(C)C)cc1. The number of hydrogen-bond donors (Lipinski definition) is 1. The quantitative estimate of drug-likeness (QED) is 0.665. The molecule has 1 aromatic rings. The number of unbranched alkanes of at least 4 members (excludes halogenated alkanes) is 1. The fraction of sp³-hybridized carbons (Fsp3) is 0.647. The second kappa shape index (κ2) is 9.92. The zero-order chi connectivity index (χ0) is 14.8. The van der Waals surface area contributed by atoms with Gasteiger partial charge in [0.2, 0.25) is 0 Å². The van der Waals surface area contributed by atoms with E-state index in [0.717, 1.165) is 25.0 Å². The highest BCUT2D eigenvalue weighted by molar-refractivity contribution is 5.26. The van der Waals surface area contributed by atoms with Crippen LogP contribution in [-0.2, 0) is 9.47 Å². The van der Waals surface area contributed by atoms with E-state index in [1.165, 1.54) is 5.56 Å². The van der Waals surface area contributed by atoms with Crippen LogP contribution in [0.25, 0.3) is 0 Å². The summed E-state index contributed by atoms with van der Waals surface area (Å²) in [6.45, 7) is 9.16. The lowest BCUT2D eigenvalue weighted by Crippen LogP contribution is -2.18. The van der Waals surface area contributed by atoms with Gasteiger partial charge in [-0.15, -0.1) is 0 Å². The Balaban J connectivity index is 2.20. The zero-order valence-corrected chi connectivity index (χ0v) is 13.1. The Morgan fingerprint density at radius 1 is 0.950 bits per heavy atom. The molecule has 20 heavy (non-hydrogen) atoms. The molecule has 0 heterocycles. The van der Waals surface area contributed by atoms with Gasteiger partial charge < -0.3 is 15.2 Å². The normalized spacial score (nSPS) is 12.8. The molecule has 3 heteroatoms. The minimum Gasteiger partial charge on any atom is -0.379 e. The summed E-state index contributed by atoms with van der Waals surface area (Å²) in [4.78, 5) is 0. The van der Waals surface area contributed by atoms with Gasteiger partial charge in [-0.1, -0.05) is 51.5 Å². The molecule has 1 atom stereocenters. The van der Waals surface area contributed by atoms with E-state index in [-0.39, 0.29) is 6.04 Å². The highest BCUT2D eigenvalue weighted by atomic mass is 16.5. The van der Waals surface area contributed by atoms with Crippen molar-refractivity contribution in [3.05, 3.63) is 35.4 Å². The molecule has 0 spiro atoms. The molecule has 1 rings (SSSR count). The summed E-state index contributed by atoms with van der Waals surface area (Å²) >= 11 is 0. The summed E-state index contributed by atoms with van der Waals surface area (Å²) in [5, 5.41) is 0. The highest BCUT2D eigenvalue weighted by Gasteiger charge is 2.07. The predicted octanol–water partition coefficient (Wildman–Crippen LogP) is 3.64. The van der Waals surface area contributed by atoms with Gasteiger partial charge >= 0.3 is 0 Å². The van der Waals surface area contributed by atoms with Crippen LogP contribution in [0.15, 0.2) is 24.3 Å². The van der Waals surface area contributed by atoms with Crippen LogP contribution in [0.2, 0.25) is 0 Å². The van der Waals surface area contributed by atoms with Crippen molar-refractivity contribution in [1.29, 1.82) is 0 Å². The Morgan fingerprint density at radius 3 is 2.15 bits per heavy atom. The maximum atomic E-state index is 6.12. The Kier molecular flexibility index (Phi) is 8.51. The van der Waals surface area contributed by atoms with Crippen molar-refractivity contribution in [2.75, 3.05) is 26.4 Å². The molecule has 3 nitrogen and oxygen atoms in total. The van der Waals surface area contributed by atoms with Crippen LogP contribution >= 0.6 is 0 Å². The molecule has 0 saturated carbocycles. The van der Waals surface area contributed by atoms with Crippen LogP contribution in [0.1, 0.15) is 56.7 Å². The third-order valence-electron chi connectivity index (χ3n) is 3.34. The molecule has 0 aliphatic carbocycles. The zero-order valence-electron chi connectivity index (χ0n) is 13.1. The summed E-state index contributed by atoms with van der Waals surface area (Å²) in [5.74, 6) is 0.553. The molecule has 0 bridgehead atoms. The molecule has 2 N–H and O–H groups in total. The Bertz CT molecular complexity index is 349. The lowest BCUT2D eigenvalue weighted by Gasteiger charge is -2.14. The van der Waals surface area contributed by atoms with Crippen molar-refractivity contribution < 1.29 is 9.47 Å². The molecule has 0 fully saturated rings. The van der Waals surface area contributed by atoms with Gasteiger partial charge in [0.05, 0.1) is 25.9 Å². The molecule has 0 amide bonds. The van der Waals surface area contributed by atoms with Crippen molar-refractivity contribution in [1.82, 2.24) is 0 Å². The number of benzene rings is 1. The maximum Gasteiger partial charge on any atom is 0.0701 e. The number of hydrogen-bond acceptors (Lipinski definition) is 3. The van der Waals surface area contributed by atoms with E-state index in [0.29, 0.717) is 25.7 Å². The topological polar surface area (TPSA) is 44.5 Å². The fourth-order valence-electron chi connectivity index (χ4n) is 1.90. The van der Waals surface area contributed by atoms with Crippen molar-refractivity contribution in [3.63, 3.8) is 0 Å². The molecule has 0 aliphatic heterocycles. The van der Waals surface area contributed by atoms with E-state index in [1.807, 2.05) is 0 Å². The summed E-state index contributed by atoms with van der Waals surface area (Å²) in [6, 6.07) is 8.43. The van der Waals surface area contributed by atoms with E-state index >= 15 is 0 Å². The first kappa shape index (κ1) is 17.2. The summed E-state index contributed by atoms with van der Waals surface area (Å²) in [7, 11) is 0. The molecule has 0 aromatic heterocycles. The summed E-state index contributed by atoms with van der Waals surface area (Å²) < 4.78 is 11.0. The van der Waals surface area contributed by atoms with Crippen LogP contribution in [0.3, 0.4) is 0 Å². The molecule has 1 unspecified atom stereocenters. The third-order valence-corrected chi connectivity index (χ3v) is 3.34. The highest BCUT2D eigenvalue weighted by Crippen LogP contribution is 2.17. The average Bonchev–Trinajstić information content (AvgIpc) is 2.46. The van der Waals surface area contributed by atoms with Gasteiger partial charge in [0.1, 0.15) is 0 Å². The fourth-order valence-corrected chi connectivity index (χ4v) is 1.90. The molecular formula is C17H29NO2. The van der Waals surface area contributed by atoms with Crippen molar-refractivity contribution in [2.45, 2.75) is 45.6 Å². The minimum atomic E-state index is -0.0631. The largest absolute Gasteiger partial charge is 0.379 e. The first-order valence-corrected chi connectivity index (χ1v) is 7.66. The number of rotatable bonds is 10. The van der Waals surface area contributed by atoms with Gasteiger partial charge in [0.25, 0.3) is 0 Å². The third kappa shape index (κ3) is 6.51. The average molecular weight is 279 g/mol. The van der Waals surface area contributed by atoms with Gasteiger partial charge in [-0.25, -0.2) is 0 Å². The van der Waals surface area contributed by atoms with Crippen LogP contribution in [0.5, 0.6) is 0 Å². The number of ether oxygens (including phenoxy) is 2. The van der Waals surface area contributed by atoms with Gasteiger partial charge in [0, 0.05) is 6.61 Å². The molecule has 114 valence electrons. The number of nitrogens with two attached hydrogens (primary N) is 1. The van der Waals surface area contributed by atoms with Crippen LogP contribution in [-0.4, -0.2) is 26.4 Å². The second-order valence-corrected chi connectivity index (χ2v) is 5.47. The summed E-state index contributed by atoms with van der Waals surface area (Å²) in [6.07, 6.45) is 2.28. The first-order valence-electron chi connectivity index (χ1n) is 7.66. The lowest BCUT2D eigenvalue weighted by molar-refractivity contribution is 0.0416. The van der Waals surface area contributed by atoms with Crippen LogP contribution < -0.4 is 5.73 Å². The molecular weight excluding hydrogens is 250 g/mol. The molecule has 0 radical (unpaired) electrons. The van der Waals surface area contributed by atoms with E-state index in [9.17, 15) is 0 Å². The standard InChI is InChI=1S/C17H29NO2/c1-4-5-10-19-11-12-20-13-17(18)16-8-6-15(7-9-16)14(2)3/h6-9,14,17H,4-5,10-13,18H2,1-3H3. The second-order valence-electron chi connectivity index (χ2n) is 5.47. The minimum absolute atomic E-state index is 0.0631. The van der Waals surface area contributed by atoms with Gasteiger partial charge in [0.15, 0.2) is 0 Å². The van der Waals surface area contributed by atoms with E-state index < -0.39 is 0 Å². The van der Waals surface area contributed by atoms with E-state index in [4.69, 9.17) is 15.2 Å². The molecule has 0 aliphatic rings. The van der Waals surface area contributed by atoms with Crippen LogP contribution in [0, 0.1) is 0 Å². The lowest BCUT2D eigenvalue weighted by atomic mass is 10.00. The van der Waals surface area contributed by atoms with Gasteiger partial charge in [-0.05, 0) is 23.5 Å². The van der Waals surface area contributed by atoms with Gasteiger partial charge in [-0.2, -0.15) is 0 Å². The van der Waals surface area contributed by atoms with E-state index in [2.05, 4.69) is 45.0 Å². The molecule has 0 saturated heterocycles. The van der Waals surface area contributed by atoms with Crippen molar-refractivity contribution in [3.8, 4) is 0 Å². The molecule has 1 aromatic carbocycles. The van der Waals surface area contributed by atoms with Gasteiger partial charge in [-0.3, -0.25) is 0 Å². The van der Waals surface area contributed by atoms with Crippen LogP contribution in [0.4, 0.5) is 0 Å².